The van der Waals surface area contributed by atoms with Crippen LogP contribution in [0.15, 0.2) is 24.3 Å². The van der Waals surface area contributed by atoms with Crippen LogP contribution in [0.4, 0.5) is 11.4 Å². The molecule has 0 aromatic heterocycles. The maximum absolute atomic E-state index is 11.9. The third kappa shape index (κ3) is 3.34. The van der Waals surface area contributed by atoms with E-state index >= 15 is 0 Å². The second-order valence-electron chi connectivity index (χ2n) is 4.84. The van der Waals surface area contributed by atoms with Crippen LogP contribution in [0, 0.1) is 5.92 Å². The van der Waals surface area contributed by atoms with Gasteiger partial charge in [-0.1, -0.05) is 6.07 Å². The van der Waals surface area contributed by atoms with Crippen LogP contribution in [0.5, 0.6) is 0 Å². The van der Waals surface area contributed by atoms with Crippen LogP contribution in [-0.4, -0.2) is 38.6 Å². The summed E-state index contributed by atoms with van der Waals surface area (Å²) in [5.41, 5.74) is 7.04. The van der Waals surface area contributed by atoms with E-state index in [1.807, 2.05) is 6.07 Å². The summed E-state index contributed by atoms with van der Waals surface area (Å²) in [4.78, 5) is 25.1. The van der Waals surface area contributed by atoms with Gasteiger partial charge in [0.25, 0.3) is 0 Å². The van der Waals surface area contributed by atoms with E-state index in [9.17, 15) is 9.59 Å². The Morgan fingerprint density at radius 3 is 3.00 bits per heavy atom. The van der Waals surface area contributed by atoms with Crippen molar-refractivity contribution < 1.29 is 14.3 Å². The molecule has 1 saturated heterocycles. The molecular formula is C14H19N3O3. The highest BCUT2D eigenvalue weighted by Crippen LogP contribution is 2.26. The summed E-state index contributed by atoms with van der Waals surface area (Å²) in [6.45, 7) is 1.14. The van der Waals surface area contributed by atoms with E-state index in [4.69, 9.17) is 10.5 Å². The average Bonchev–Trinajstić information content (AvgIpc) is 2.80. The van der Waals surface area contributed by atoms with E-state index in [1.165, 1.54) is 7.11 Å². The Bertz CT molecular complexity index is 504. The second-order valence-corrected chi connectivity index (χ2v) is 4.84. The minimum Gasteiger partial charge on any atom is -0.375 e. The van der Waals surface area contributed by atoms with Gasteiger partial charge in [-0.05, 0) is 30.7 Å². The molecule has 2 amide bonds. The van der Waals surface area contributed by atoms with Gasteiger partial charge in [-0.15, -0.1) is 0 Å². The van der Waals surface area contributed by atoms with Gasteiger partial charge in [0.15, 0.2) is 0 Å². The number of carbonyl (C=O) groups excluding carboxylic acids is 2. The van der Waals surface area contributed by atoms with Crippen molar-refractivity contribution in [2.24, 2.45) is 11.7 Å². The van der Waals surface area contributed by atoms with Crippen molar-refractivity contribution in [3.8, 4) is 0 Å². The lowest BCUT2D eigenvalue weighted by atomic mass is 10.1. The third-order valence-corrected chi connectivity index (χ3v) is 3.26. The summed E-state index contributed by atoms with van der Waals surface area (Å²) >= 11 is 0. The molecule has 1 heterocycles. The first-order valence-corrected chi connectivity index (χ1v) is 6.53. The van der Waals surface area contributed by atoms with Gasteiger partial charge in [-0.3, -0.25) is 9.59 Å². The number of rotatable bonds is 5. The quantitative estimate of drug-likeness (QED) is 0.824. The van der Waals surface area contributed by atoms with Gasteiger partial charge in [-0.25, -0.2) is 0 Å². The summed E-state index contributed by atoms with van der Waals surface area (Å²) in [6, 6.07) is 7.21. The number of ether oxygens (including phenoxy) is 1. The number of nitrogens with zero attached hydrogens (tertiary/aromatic N) is 1. The zero-order valence-corrected chi connectivity index (χ0v) is 11.5. The van der Waals surface area contributed by atoms with Gasteiger partial charge >= 0.3 is 0 Å². The SMILES string of the molecule is COCC(=O)Nc1cccc(N2CC(CN)CC2=O)c1. The fourth-order valence-corrected chi connectivity index (χ4v) is 2.27. The lowest BCUT2D eigenvalue weighted by molar-refractivity contribution is -0.119. The molecule has 1 aromatic carbocycles. The van der Waals surface area contributed by atoms with Crippen molar-refractivity contribution in [3.63, 3.8) is 0 Å². The monoisotopic (exact) mass is 277 g/mol. The Balaban J connectivity index is 2.10. The molecule has 0 radical (unpaired) electrons. The standard InChI is InChI=1S/C14H19N3O3/c1-20-9-13(18)16-11-3-2-4-12(6-11)17-8-10(7-15)5-14(17)19/h2-4,6,10H,5,7-9,15H2,1H3,(H,16,18). The van der Waals surface area contributed by atoms with Gasteiger partial charge in [0.05, 0.1) is 0 Å². The average molecular weight is 277 g/mol. The smallest absolute Gasteiger partial charge is 0.250 e. The molecule has 1 aromatic rings. The zero-order valence-electron chi connectivity index (χ0n) is 11.5. The molecule has 1 unspecified atom stereocenters. The lowest BCUT2D eigenvalue weighted by Crippen LogP contribution is -2.26. The molecule has 2 rings (SSSR count). The van der Waals surface area contributed by atoms with E-state index in [-0.39, 0.29) is 24.3 Å². The number of nitrogens with one attached hydrogen (secondary N) is 1. The molecule has 1 aliphatic rings. The van der Waals surface area contributed by atoms with E-state index in [0.29, 0.717) is 25.2 Å². The number of methoxy groups -OCH3 is 1. The van der Waals surface area contributed by atoms with Crippen LogP contribution >= 0.6 is 0 Å². The fraction of sp³-hybridized carbons (Fsp3) is 0.429. The molecule has 0 saturated carbocycles. The first-order chi connectivity index (χ1) is 9.63. The molecule has 108 valence electrons. The van der Waals surface area contributed by atoms with Gasteiger partial charge in [0.1, 0.15) is 6.61 Å². The van der Waals surface area contributed by atoms with Crippen LogP contribution in [0.1, 0.15) is 6.42 Å². The number of anilines is 2. The highest BCUT2D eigenvalue weighted by Gasteiger charge is 2.29. The van der Waals surface area contributed by atoms with Crippen molar-refractivity contribution in [2.75, 3.05) is 37.0 Å². The van der Waals surface area contributed by atoms with Crippen LogP contribution in [0.2, 0.25) is 0 Å². The van der Waals surface area contributed by atoms with Crippen molar-refractivity contribution in [3.05, 3.63) is 24.3 Å². The van der Waals surface area contributed by atoms with Gasteiger partial charge in [0.2, 0.25) is 11.8 Å². The first kappa shape index (κ1) is 14.5. The van der Waals surface area contributed by atoms with Crippen molar-refractivity contribution in [2.45, 2.75) is 6.42 Å². The molecule has 1 aliphatic heterocycles. The van der Waals surface area contributed by atoms with Crippen molar-refractivity contribution in [1.29, 1.82) is 0 Å². The molecule has 3 N–H and O–H groups in total. The van der Waals surface area contributed by atoms with E-state index < -0.39 is 0 Å². The van der Waals surface area contributed by atoms with Crippen LogP contribution < -0.4 is 16.0 Å². The van der Waals surface area contributed by atoms with Gasteiger partial charge < -0.3 is 20.7 Å². The molecule has 6 heteroatoms. The predicted molar refractivity (Wildman–Crippen MR) is 76.5 cm³/mol. The Labute approximate surface area is 117 Å². The largest absolute Gasteiger partial charge is 0.375 e. The second kappa shape index (κ2) is 6.49. The Morgan fingerprint density at radius 2 is 2.35 bits per heavy atom. The Kier molecular flexibility index (Phi) is 4.70. The normalized spacial score (nSPS) is 18.4. The Morgan fingerprint density at radius 1 is 1.55 bits per heavy atom. The number of hydrogen-bond donors (Lipinski definition) is 2. The van der Waals surface area contributed by atoms with Crippen LogP contribution in [0.3, 0.4) is 0 Å². The number of carbonyl (C=O) groups is 2. The molecule has 0 bridgehead atoms. The molecule has 1 fully saturated rings. The molecule has 1 atom stereocenters. The first-order valence-electron chi connectivity index (χ1n) is 6.53. The van der Waals surface area contributed by atoms with Gasteiger partial charge in [-0.2, -0.15) is 0 Å². The highest BCUT2D eigenvalue weighted by atomic mass is 16.5. The summed E-state index contributed by atoms with van der Waals surface area (Å²) in [5, 5.41) is 2.72. The molecule has 0 aliphatic carbocycles. The van der Waals surface area contributed by atoms with Crippen molar-refractivity contribution >= 4 is 23.2 Å². The topological polar surface area (TPSA) is 84.7 Å². The number of nitrogens with two attached hydrogens (primary N) is 1. The fourth-order valence-electron chi connectivity index (χ4n) is 2.27. The number of hydrogen-bond acceptors (Lipinski definition) is 4. The van der Waals surface area contributed by atoms with E-state index in [0.717, 1.165) is 5.69 Å². The number of amides is 2. The molecule has 6 nitrogen and oxygen atoms in total. The Hall–Kier alpha value is -1.92. The summed E-state index contributed by atoms with van der Waals surface area (Å²) in [7, 11) is 1.46. The lowest BCUT2D eigenvalue weighted by Gasteiger charge is -2.17. The maximum Gasteiger partial charge on any atom is 0.250 e. The van der Waals surface area contributed by atoms with Crippen LogP contribution in [-0.2, 0) is 14.3 Å². The summed E-state index contributed by atoms with van der Waals surface area (Å²) in [6.07, 6.45) is 0.483. The summed E-state index contributed by atoms with van der Waals surface area (Å²) < 4.78 is 4.76. The minimum absolute atomic E-state index is 0.00210. The zero-order chi connectivity index (χ0) is 14.5. The number of benzene rings is 1. The van der Waals surface area contributed by atoms with E-state index in [1.54, 1.807) is 23.1 Å². The molecular weight excluding hydrogens is 258 g/mol. The molecule has 0 spiro atoms. The van der Waals surface area contributed by atoms with Crippen molar-refractivity contribution in [1.82, 2.24) is 0 Å². The minimum atomic E-state index is -0.225. The molecule has 20 heavy (non-hydrogen) atoms. The van der Waals surface area contributed by atoms with E-state index in [2.05, 4.69) is 5.32 Å². The highest BCUT2D eigenvalue weighted by molar-refractivity contribution is 5.97. The maximum atomic E-state index is 11.9. The summed E-state index contributed by atoms with van der Waals surface area (Å²) in [5.74, 6) is 0.0484. The van der Waals surface area contributed by atoms with Crippen LogP contribution in [0.25, 0.3) is 0 Å². The van der Waals surface area contributed by atoms with Gasteiger partial charge in [0, 0.05) is 31.5 Å². The third-order valence-electron chi connectivity index (χ3n) is 3.26. The predicted octanol–water partition coefficient (Wildman–Crippen LogP) is 0.583.